The topological polar surface area (TPSA) is 114 Å². The van der Waals surface area contributed by atoms with Gasteiger partial charge in [-0.05, 0) is 18.4 Å². The number of aromatic nitrogens is 2. The molecule has 3 rings (SSSR count). The molecule has 2 aromatic rings. The Bertz CT molecular complexity index is 899. The van der Waals surface area contributed by atoms with Crippen molar-refractivity contribution in [1.82, 2.24) is 19.7 Å². The predicted molar refractivity (Wildman–Crippen MR) is 104 cm³/mol. The number of hydrogen-bond acceptors (Lipinski definition) is 7. The molecule has 0 saturated carbocycles. The smallest absolute Gasteiger partial charge is 0.245 e. The molecule has 0 aliphatic carbocycles. The van der Waals surface area contributed by atoms with E-state index in [4.69, 9.17) is 4.74 Å². The highest BCUT2D eigenvalue weighted by Crippen LogP contribution is 2.22. The van der Waals surface area contributed by atoms with Crippen LogP contribution in [0.2, 0.25) is 0 Å². The number of anilines is 1. The largest absolute Gasteiger partial charge is 0.481 e. The Morgan fingerprint density at radius 1 is 1.21 bits per heavy atom. The number of nitrogens with one attached hydrogen (secondary N) is 2. The summed E-state index contributed by atoms with van der Waals surface area (Å²) in [6.07, 6.45) is 2.43. The molecule has 10 heteroatoms. The Morgan fingerprint density at radius 2 is 1.93 bits per heavy atom. The van der Waals surface area contributed by atoms with Crippen molar-refractivity contribution in [1.29, 1.82) is 0 Å². The first-order valence-electron chi connectivity index (χ1n) is 8.92. The molecule has 1 fully saturated rings. The molecule has 28 heavy (non-hydrogen) atoms. The molecular weight excluding hydrogens is 382 g/mol. The number of hydrazine groups is 1. The van der Waals surface area contributed by atoms with E-state index in [0.29, 0.717) is 31.8 Å². The van der Waals surface area contributed by atoms with Crippen LogP contribution in [0.3, 0.4) is 0 Å². The number of rotatable bonds is 7. The van der Waals surface area contributed by atoms with Gasteiger partial charge in [-0.3, -0.25) is 15.6 Å². The second kappa shape index (κ2) is 8.98. The molecule has 0 radical (unpaired) electrons. The van der Waals surface area contributed by atoms with E-state index < -0.39 is 10.0 Å². The predicted octanol–water partition coefficient (Wildman–Crippen LogP) is 1.17. The Balaban J connectivity index is 1.49. The number of amides is 1. The molecule has 9 nitrogen and oxygen atoms in total. The summed E-state index contributed by atoms with van der Waals surface area (Å²) in [5.41, 5.74) is 5.99. The summed E-state index contributed by atoms with van der Waals surface area (Å²) in [7, 11) is -1.91. The Morgan fingerprint density at radius 3 is 2.61 bits per heavy atom. The number of piperidine rings is 1. The van der Waals surface area contributed by atoms with Crippen LogP contribution in [0.1, 0.15) is 18.4 Å². The molecule has 1 saturated heterocycles. The highest BCUT2D eigenvalue weighted by atomic mass is 32.2. The lowest BCUT2D eigenvalue weighted by molar-refractivity contribution is -0.125. The van der Waals surface area contributed by atoms with Gasteiger partial charge in [0.2, 0.25) is 27.8 Å². The summed E-state index contributed by atoms with van der Waals surface area (Å²) in [5.74, 6) is 0.0754. The first-order chi connectivity index (χ1) is 13.5. The van der Waals surface area contributed by atoms with E-state index in [9.17, 15) is 13.2 Å². The molecule has 2 N–H and O–H groups in total. The molecule has 0 unspecified atom stereocenters. The van der Waals surface area contributed by atoms with E-state index in [0.717, 1.165) is 5.56 Å². The Hall–Kier alpha value is -2.72. The third-order valence-corrected chi connectivity index (χ3v) is 6.40. The van der Waals surface area contributed by atoms with Crippen LogP contribution in [0.25, 0.3) is 0 Å². The number of sulfonamides is 1. The average molecular weight is 405 g/mol. The van der Waals surface area contributed by atoms with E-state index in [1.54, 1.807) is 18.2 Å². The number of benzene rings is 1. The van der Waals surface area contributed by atoms with Gasteiger partial charge in [-0.1, -0.05) is 30.3 Å². The highest BCUT2D eigenvalue weighted by molar-refractivity contribution is 7.88. The minimum Gasteiger partial charge on any atom is -0.481 e. The summed E-state index contributed by atoms with van der Waals surface area (Å²) in [4.78, 5) is 20.4. The minimum absolute atomic E-state index is 0.0283. The lowest BCUT2D eigenvalue weighted by atomic mass is 9.98. The summed E-state index contributed by atoms with van der Waals surface area (Å²) in [5, 5.41) is 0. The zero-order chi connectivity index (χ0) is 20.0. The number of hydrogen-bond donors (Lipinski definition) is 2. The van der Waals surface area contributed by atoms with Crippen LogP contribution < -0.4 is 15.6 Å². The van der Waals surface area contributed by atoms with Crippen molar-refractivity contribution in [2.75, 3.05) is 25.6 Å². The van der Waals surface area contributed by atoms with Gasteiger partial charge < -0.3 is 4.74 Å². The fourth-order valence-corrected chi connectivity index (χ4v) is 4.57. The van der Waals surface area contributed by atoms with Crippen molar-refractivity contribution in [3.8, 4) is 5.88 Å². The fraction of sp³-hybridized carbons (Fsp3) is 0.389. The van der Waals surface area contributed by atoms with E-state index in [1.807, 2.05) is 18.2 Å². The van der Waals surface area contributed by atoms with Crippen LogP contribution in [0.5, 0.6) is 5.88 Å². The van der Waals surface area contributed by atoms with Gasteiger partial charge in [0.25, 0.3) is 0 Å². The first-order valence-corrected chi connectivity index (χ1v) is 10.5. The highest BCUT2D eigenvalue weighted by Gasteiger charge is 2.31. The molecule has 1 aliphatic heterocycles. The van der Waals surface area contributed by atoms with Crippen molar-refractivity contribution in [2.45, 2.75) is 18.6 Å². The normalized spacial score (nSPS) is 15.8. The van der Waals surface area contributed by atoms with E-state index >= 15 is 0 Å². The van der Waals surface area contributed by atoms with Crippen LogP contribution in [0, 0.1) is 5.92 Å². The number of carbonyl (C=O) groups excluding carboxylic acids is 1. The first kappa shape index (κ1) is 20.0. The number of nitrogens with zero attached hydrogens (tertiary/aromatic N) is 3. The molecule has 0 bridgehead atoms. The van der Waals surface area contributed by atoms with Gasteiger partial charge in [0, 0.05) is 31.3 Å². The molecule has 1 amide bonds. The fourth-order valence-electron chi connectivity index (χ4n) is 3.01. The van der Waals surface area contributed by atoms with Crippen molar-refractivity contribution < 1.29 is 17.9 Å². The number of methoxy groups -OCH3 is 1. The zero-order valence-corrected chi connectivity index (χ0v) is 16.4. The van der Waals surface area contributed by atoms with Gasteiger partial charge in [-0.15, -0.1) is 0 Å². The molecule has 2 heterocycles. The Kier molecular flexibility index (Phi) is 6.42. The molecule has 0 spiro atoms. The van der Waals surface area contributed by atoms with E-state index in [-0.39, 0.29) is 23.5 Å². The Labute approximate surface area is 164 Å². The standard InChI is InChI=1S/C18H23N5O4S/c1-27-16-7-10-19-18(20-16)22-21-17(24)15-8-11-23(12-9-15)28(25,26)13-14-5-3-2-4-6-14/h2-7,10,15H,8-9,11-13H2,1H3,(H,21,24)(H,19,20,22). The minimum atomic E-state index is -3.40. The van der Waals surface area contributed by atoms with Crippen LogP contribution >= 0.6 is 0 Å². The molecule has 0 atom stereocenters. The number of carbonyl (C=O) groups is 1. The lowest BCUT2D eigenvalue weighted by Crippen LogP contribution is -2.44. The molecule has 150 valence electrons. The second-order valence-corrected chi connectivity index (χ2v) is 8.42. The van der Waals surface area contributed by atoms with Gasteiger partial charge in [0.1, 0.15) is 0 Å². The van der Waals surface area contributed by atoms with Gasteiger partial charge >= 0.3 is 0 Å². The maximum atomic E-state index is 12.6. The molecular formula is C18H23N5O4S. The maximum Gasteiger partial charge on any atom is 0.245 e. The summed E-state index contributed by atoms with van der Waals surface area (Å²) in [6.45, 7) is 0.645. The van der Waals surface area contributed by atoms with Gasteiger partial charge in [-0.25, -0.2) is 17.7 Å². The molecule has 1 aromatic heterocycles. The maximum absolute atomic E-state index is 12.6. The molecule has 1 aromatic carbocycles. The second-order valence-electron chi connectivity index (χ2n) is 6.45. The van der Waals surface area contributed by atoms with E-state index in [1.165, 1.54) is 17.6 Å². The van der Waals surface area contributed by atoms with Crippen molar-refractivity contribution >= 4 is 21.9 Å². The van der Waals surface area contributed by atoms with Crippen LogP contribution in [0.4, 0.5) is 5.95 Å². The summed E-state index contributed by atoms with van der Waals surface area (Å²) < 4.78 is 31.6. The number of ether oxygens (including phenoxy) is 1. The third-order valence-electron chi connectivity index (χ3n) is 4.55. The average Bonchev–Trinajstić information content (AvgIpc) is 2.72. The van der Waals surface area contributed by atoms with Gasteiger partial charge in [0.15, 0.2) is 0 Å². The zero-order valence-electron chi connectivity index (χ0n) is 15.5. The van der Waals surface area contributed by atoms with Crippen molar-refractivity contribution in [2.24, 2.45) is 5.92 Å². The van der Waals surface area contributed by atoms with E-state index in [2.05, 4.69) is 20.8 Å². The monoisotopic (exact) mass is 405 g/mol. The quantitative estimate of drug-likeness (QED) is 0.665. The summed E-state index contributed by atoms with van der Waals surface area (Å²) >= 11 is 0. The van der Waals surface area contributed by atoms with Crippen LogP contribution in [0.15, 0.2) is 42.6 Å². The van der Waals surface area contributed by atoms with Crippen LogP contribution in [-0.2, 0) is 20.6 Å². The van der Waals surface area contributed by atoms with Gasteiger partial charge in [0.05, 0.1) is 12.9 Å². The lowest BCUT2D eigenvalue weighted by Gasteiger charge is -2.30. The van der Waals surface area contributed by atoms with Crippen molar-refractivity contribution in [3.63, 3.8) is 0 Å². The summed E-state index contributed by atoms with van der Waals surface area (Å²) in [6, 6.07) is 10.7. The SMILES string of the molecule is COc1ccnc(NNC(=O)C2CCN(S(=O)(=O)Cc3ccccc3)CC2)n1. The molecule has 1 aliphatic rings. The van der Waals surface area contributed by atoms with Gasteiger partial charge in [-0.2, -0.15) is 4.98 Å². The van der Waals surface area contributed by atoms with Crippen LogP contribution in [-0.4, -0.2) is 48.8 Å². The van der Waals surface area contributed by atoms with Crippen molar-refractivity contribution in [3.05, 3.63) is 48.2 Å². The third kappa shape index (κ3) is 5.17.